The summed E-state index contributed by atoms with van der Waals surface area (Å²) in [5.41, 5.74) is 0. The van der Waals surface area contributed by atoms with Gasteiger partial charge >= 0.3 is 11.9 Å². The van der Waals surface area contributed by atoms with E-state index in [0.29, 0.717) is 0 Å². The molecule has 0 aromatic heterocycles. The van der Waals surface area contributed by atoms with Gasteiger partial charge in [0.1, 0.15) is 0 Å². The number of rotatable bonds is 0. The van der Waals surface area contributed by atoms with Gasteiger partial charge in [0.05, 0.1) is 5.09 Å². The number of nitrogens with zero attached hydrogens (tertiary/aromatic N) is 1. The molecule has 0 amide bonds. The van der Waals surface area contributed by atoms with Crippen molar-refractivity contribution in [2.45, 2.75) is 0 Å². The molecule has 0 unspecified atom stereocenters. The van der Waals surface area contributed by atoms with Gasteiger partial charge in [-0.05, 0) is 0 Å². The molecule has 2 N–H and O–H groups in total. The van der Waals surface area contributed by atoms with E-state index in [4.69, 9.17) is 35.1 Å². The quantitative estimate of drug-likeness (QED) is 0.247. The fourth-order valence-corrected chi connectivity index (χ4v) is 0. The average Bonchev–Trinajstić information content (AvgIpc) is 1.63. The van der Waals surface area contributed by atoms with Crippen molar-refractivity contribution in [3.63, 3.8) is 0 Å². The summed E-state index contributed by atoms with van der Waals surface area (Å²) in [7, 11) is 0. The van der Waals surface area contributed by atoms with Gasteiger partial charge in [0, 0.05) is 36.5 Å². The maximum Gasteiger partial charge on any atom is 0.414 e. The second kappa shape index (κ2) is 12.9. The van der Waals surface area contributed by atoms with Crippen LogP contribution in [0.2, 0.25) is 0 Å². The van der Waals surface area contributed by atoms with E-state index in [1.165, 1.54) is 0 Å². The first kappa shape index (κ1) is 22.5. The second-order valence-electron chi connectivity index (χ2n) is 0.834. The molecule has 0 saturated carbocycles. The Hall–Kier alpha value is -0.717. The Morgan fingerprint density at radius 2 is 1.17 bits per heavy atom. The molecule has 0 aromatic rings. The Balaban J connectivity index is -0.0000000483. The van der Waals surface area contributed by atoms with E-state index in [1.54, 1.807) is 0 Å². The van der Waals surface area contributed by atoms with Crippen molar-refractivity contribution in [2.24, 2.45) is 0 Å². The van der Waals surface area contributed by atoms with E-state index >= 15 is 0 Å². The molecular formula is C2H2FeNO7Zn-. The third kappa shape index (κ3) is 59.1. The topological polar surface area (TPSA) is 141 Å². The molecule has 0 aliphatic rings. The summed E-state index contributed by atoms with van der Waals surface area (Å²) in [4.78, 5) is 26.4. The van der Waals surface area contributed by atoms with Gasteiger partial charge in [-0.1, -0.05) is 0 Å². The largest absolute Gasteiger partial charge is 0.473 e. The van der Waals surface area contributed by atoms with Crippen molar-refractivity contribution in [3.05, 3.63) is 15.3 Å². The van der Waals surface area contributed by atoms with Gasteiger partial charge in [-0.2, -0.15) is 0 Å². The van der Waals surface area contributed by atoms with Crippen LogP contribution in [-0.2, 0) is 46.1 Å². The van der Waals surface area contributed by atoms with Crippen LogP contribution in [0.3, 0.4) is 0 Å². The summed E-state index contributed by atoms with van der Waals surface area (Å²) < 4.78 is 0. The number of hydrogen-bond donors (Lipinski definition) is 2. The normalized spacial score (nSPS) is 5.67. The van der Waals surface area contributed by atoms with Gasteiger partial charge < -0.3 is 25.5 Å². The minimum absolute atomic E-state index is 0. The zero-order valence-electron chi connectivity index (χ0n) is 5.44. The Morgan fingerprint density at radius 1 is 1.08 bits per heavy atom. The molecular weight excluding hydrogens is 271 g/mol. The van der Waals surface area contributed by atoms with Crippen LogP contribution in [-0.4, -0.2) is 27.2 Å². The number of hydrogen-bond acceptors (Lipinski definition) is 5. The number of carboxylic acids is 2. The molecule has 0 radical (unpaired) electrons. The zero-order valence-corrected chi connectivity index (χ0v) is 9.51. The second-order valence-corrected chi connectivity index (χ2v) is 0.834. The Kier molecular flexibility index (Phi) is 24.2. The molecule has 0 aliphatic heterocycles. The van der Waals surface area contributed by atoms with Crippen LogP contribution in [0.5, 0.6) is 0 Å². The summed E-state index contributed by atoms with van der Waals surface area (Å²) in [6.45, 7) is 0. The van der Waals surface area contributed by atoms with E-state index in [9.17, 15) is 0 Å². The molecule has 12 heavy (non-hydrogen) atoms. The van der Waals surface area contributed by atoms with Gasteiger partial charge in [0.2, 0.25) is 0 Å². The van der Waals surface area contributed by atoms with Crippen LogP contribution in [0, 0.1) is 15.3 Å². The van der Waals surface area contributed by atoms with Crippen molar-refractivity contribution >= 4 is 11.9 Å². The first-order chi connectivity index (χ1) is 4.37. The van der Waals surface area contributed by atoms with Crippen molar-refractivity contribution in [2.75, 3.05) is 0 Å². The van der Waals surface area contributed by atoms with E-state index in [2.05, 4.69) is 0 Å². The van der Waals surface area contributed by atoms with Gasteiger partial charge in [0.25, 0.3) is 0 Å². The molecule has 0 saturated heterocycles. The van der Waals surface area contributed by atoms with Crippen LogP contribution in [0.4, 0.5) is 0 Å². The maximum atomic E-state index is 9.10. The molecule has 0 aromatic carbocycles. The third-order valence-corrected chi connectivity index (χ3v) is 0.183. The molecule has 0 aliphatic carbocycles. The van der Waals surface area contributed by atoms with E-state index < -0.39 is 17.0 Å². The summed E-state index contributed by atoms with van der Waals surface area (Å²) >= 11 is 0. The van der Waals surface area contributed by atoms with Gasteiger partial charge in [0.15, 0.2) is 0 Å². The first-order valence-corrected chi connectivity index (χ1v) is 1.65. The van der Waals surface area contributed by atoms with Gasteiger partial charge in [-0.25, -0.2) is 9.59 Å². The molecule has 0 spiro atoms. The van der Waals surface area contributed by atoms with Crippen LogP contribution in [0.1, 0.15) is 0 Å². The SMILES string of the molecule is O=C(O)C(=O)O.O=[N+]([O-])[O-].[Fe].[Zn]. The summed E-state index contributed by atoms with van der Waals surface area (Å²) in [6, 6.07) is 0. The predicted molar refractivity (Wildman–Crippen MR) is 25.6 cm³/mol. The Morgan fingerprint density at radius 3 is 1.17 bits per heavy atom. The van der Waals surface area contributed by atoms with Crippen LogP contribution < -0.4 is 0 Å². The fraction of sp³-hybridized carbons (Fsp3) is 0. The Bertz CT molecular complexity index is 143. The summed E-state index contributed by atoms with van der Waals surface area (Å²) in [5, 5.41) is 29.5. The molecule has 8 nitrogen and oxygen atoms in total. The number of aliphatic carboxylic acids is 2. The maximum absolute atomic E-state index is 9.10. The van der Waals surface area contributed by atoms with Crippen LogP contribution in [0.25, 0.3) is 0 Å². The number of carboxylic acid groups (broad SMARTS) is 2. The fourth-order valence-electron chi connectivity index (χ4n) is 0. The zero-order chi connectivity index (χ0) is 8.73. The molecule has 0 bridgehead atoms. The monoisotopic (exact) mass is 272 g/mol. The predicted octanol–water partition coefficient (Wildman–Crippen LogP) is -1.09. The minimum Gasteiger partial charge on any atom is -0.473 e. The first-order valence-electron chi connectivity index (χ1n) is 1.65. The van der Waals surface area contributed by atoms with Crippen LogP contribution >= 0.6 is 0 Å². The number of carbonyl (C=O) groups is 2. The van der Waals surface area contributed by atoms with Gasteiger partial charge in [-0.15, -0.1) is 0 Å². The van der Waals surface area contributed by atoms with E-state index in [0.717, 1.165) is 0 Å². The summed E-state index contributed by atoms with van der Waals surface area (Å²) in [5.74, 6) is -3.65. The van der Waals surface area contributed by atoms with Crippen molar-refractivity contribution in [3.8, 4) is 0 Å². The smallest absolute Gasteiger partial charge is 0.414 e. The molecule has 68 valence electrons. The average molecular weight is 273 g/mol. The molecule has 10 heteroatoms. The van der Waals surface area contributed by atoms with Crippen LogP contribution in [0.15, 0.2) is 0 Å². The molecule has 0 atom stereocenters. The van der Waals surface area contributed by atoms with Crippen molar-refractivity contribution in [1.29, 1.82) is 0 Å². The van der Waals surface area contributed by atoms with E-state index in [1.807, 2.05) is 0 Å². The van der Waals surface area contributed by atoms with Gasteiger partial charge in [-0.3, -0.25) is 0 Å². The van der Waals surface area contributed by atoms with Crippen molar-refractivity contribution < 1.29 is 61.4 Å². The van der Waals surface area contributed by atoms with E-state index in [-0.39, 0.29) is 36.5 Å². The standard InChI is InChI=1S/C2H2O4.Fe.NO3.Zn/c3-1(4)2(5)6;;2-1(3)4;/h(H,3,4)(H,5,6);;;/q;;-1;. The molecule has 0 heterocycles. The Labute approximate surface area is 88.9 Å². The molecule has 0 rings (SSSR count). The summed E-state index contributed by atoms with van der Waals surface area (Å²) in [6.07, 6.45) is 0. The molecule has 0 fully saturated rings. The van der Waals surface area contributed by atoms with Crippen molar-refractivity contribution in [1.82, 2.24) is 0 Å². The minimum atomic E-state index is -1.82. The third-order valence-electron chi connectivity index (χ3n) is 0.183.